The van der Waals surface area contributed by atoms with Gasteiger partial charge in [-0.25, -0.2) is 0 Å². The fraction of sp³-hybridized carbons (Fsp3) is 0.905. The molecule has 2 N–H and O–H groups in total. The smallest absolute Gasteiger partial charge is 0.234 e. The molecule has 0 aromatic heterocycles. The number of nitrogens with zero attached hydrogens (tertiary/aromatic N) is 2. The van der Waals surface area contributed by atoms with Crippen molar-refractivity contribution in [2.75, 3.05) is 59.0 Å². The normalized spacial score (nSPS) is 18.4. The standard InChI is InChI=1S/C21H42N4O4/c1-17(2)28-12-6-8-22-20(26)15-24-10-11-25(19(5)14-24)16-21(27)23-9-7-13-29-18(3)4/h17-19H,6-16H2,1-5H3,(H,22,26)(H,23,27). The molecule has 29 heavy (non-hydrogen) atoms. The average Bonchev–Trinajstić information content (AvgIpc) is 2.63. The average molecular weight is 415 g/mol. The van der Waals surface area contributed by atoms with Gasteiger partial charge >= 0.3 is 0 Å². The molecule has 0 radical (unpaired) electrons. The molecule has 0 aromatic carbocycles. The van der Waals surface area contributed by atoms with Gasteiger partial charge in [0.15, 0.2) is 0 Å². The molecule has 8 heteroatoms. The van der Waals surface area contributed by atoms with Gasteiger partial charge in [-0.15, -0.1) is 0 Å². The van der Waals surface area contributed by atoms with Crippen LogP contribution in [0.4, 0.5) is 0 Å². The SMILES string of the molecule is CC(C)OCCCNC(=O)CN1CCN(CC(=O)NCCCOC(C)C)C(C)C1. The molecule has 0 aromatic rings. The fourth-order valence-corrected chi connectivity index (χ4v) is 3.19. The Labute approximate surface area is 176 Å². The Bertz CT molecular complexity index is 474. The van der Waals surface area contributed by atoms with E-state index in [1.54, 1.807) is 0 Å². The highest BCUT2D eigenvalue weighted by Gasteiger charge is 2.26. The van der Waals surface area contributed by atoms with Gasteiger partial charge in [-0.3, -0.25) is 19.4 Å². The first kappa shape index (κ1) is 25.8. The molecular weight excluding hydrogens is 372 g/mol. The lowest BCUT2D eigenvalue weighted by Gasteiger charge is -2.39. The Hall–Kier alpha value is -1.22. The number of piperazine rings is 1. The first-order valence-electron chi connectivity index (χ1n) is 11.0. The summed E-state index contributed by atoms with van der Waals surface area (Å²) in [5.74, 6) is 0.104. The lowest BCUT2D eigenvalue weighted by atomic mass is 10.2. The monoisotopic (exact) mass is 414 g/mol. The van der Waals surface area contributed by atoms with Crippen LogP contribution in [-0.4, -0.2) is 98.9 Å². The van der Waals surface area contributed by atoms with E-state index in [0.717, 1.165) is 32.5 Å². The zero-order chi connectivity index (χ0) is 21.6. The number of ether oxygens (including phenoxy) is 2. The molecule has 1 aliphatic rings. The summed E-state index contributed by atoms with van der Waals surface area (Å²) in [6.07, 6.45) is 2.10. The van der Waals surface area contributed by atoms with Crippen LogP contribution < -0.4 is 10.6 Å². The Morgan fingerprint density at radius 3 is 1.90 bits per heavy atom. The van der Waals surface area contributed by atoms with Gasteiger partial charge < -0.3 is 20.1 Å². The molecule has 1 unspecified atom stereocenters. The first-order chi connectivity index (χ1) is 13.8. The van der Waals surface area contributed by atoms with E-state index in [4.69, 9.17) is 9.47 Å². The van der Waals surface area contributed by atoms with Gasteiger partial charge in [-0.05, 0) is 47.5 Å². The quantitative estimate of drug-likeness (QED) is 0.410. The molecule has 1 rings (SSSR count). The minimum Gasteiger partial charge on any atom is -0.379 e. The Kier molecular flexibility index (Phi) is 13.1. The van der Waals surface area contributed by atoms with Gasteiger partial charge in [-0.2, -0.15) is 0 Å². The maximum absolute atomic E-state index is 12.1. The molecule has 1 saturated heterocycles. The van der Waals surface area contributed by atoms with Gasteiger partial charge in [0.1, 0.15) is 0 Å². The third-order valence-corrected chi connectivity index (χ3v) is 4.75. The molecule has 1 atom stereocenters. The summed E-state index contributed by atoms with van der Waals surface area (Å²) in [6, 6.07) is 0.242. The predicted molar refractivity (Wildman–Crippen MR) is 115 cm³/mol. The number of carbonyl (C=O) groups excluding carboxylic acids is 2. The van der Waals surface area contributed by atoms with E-state index in [1.807, 2.05) is 27.7 Å². The molecule has 0 bridgehead atoms. The summed E-state index contributed by atoms with van der Waals surface area (Å²) in [5.41, 5.74) is 0. The van der Waals surface area contributed by atoms with Crippen LogP contribution in [0.1, 0.15) is 47.5 Å². The van der Waals surface area contributed by atoms with Gasteiger partial charge in [0.25, 0.3) is 0 Å². The lowest BCUT2D eigenvalue weighted by Crippen LogP contribution is -2.55. The molecule has 2 amide bonds. The van der Waals surface area contributed by atoms with Crippen molar-refractivity contribution in [3.63, 3.8) is 0 Å². The largest absolute Gasteiger partial charge is 0.379 e. The second-order valence-corrected chi connectivity index (χ2v) is 8.30. The Balaban J connectivity index is 2.15. The van der Waals surface area contributed by atoms with Crippen LogP contribution >= 0.6 is 0 Å². The fourth-order valence-electron chi connectivity index (χ4n) is 3.19. The summed E-state index contributed by atoms with van der Waals surface area (Å²) < 4.78 is 10.9. The first-order valence-corrected chi connectivity index (χ1v) is 11.0. The summed E-state index contributed by atoms with van der Waals surface area (Å²) in [7, 11) is 0. The van der Waals surface area contributed by atoms with Crippen molar-refractivity contribution in [2.24, 2.45) is 0 Å². The van der Waals surface area contributed by atoms with Crippen molar-refractivity contribution in [1.29, 1.82) is 0 Å². The van der Waals surface area contributed by atoms with Crippen LogP contribution in [0.5, 0.6) is 0 Å². The van der Waals surface area contributed by atoms with Crippen LogP contribution in [0.3, 0.4) is 0 Å². The van der Waals surface area contributed by atoms with Gasteiger partial charge in [0, 0.05) is 52.0 Å². The highest BCUT2D eigenvalue weighted by Crippen LogP contribution is 2.08. The van der Waals surface area contributed by atoms with Crippen molar-refractivity contribution in [2.45, 2.75) is 65.7 Å². The lowest BCUT2D eigenvalue weighted by molar-refractivity contribution is -0.125. The van der Waals surface area contributed by atoms with E-state index in [0.29, 0.717) is 39.4 Å². The van der Waals surface area contributed by atoms with E-state index >= 15 is 0 Å². The van der Waals surface area contributed by atoms with E-state index in [2.05, 4.69) is 27.4 Å². The second kappa shape index (κ2) is 14.7. The van der Waals surface area contributed by atoms with Crippen molar-refractivity contribution >= 4 is 11.8 Å². The zero-order valence-corrected chi connectivity index (χ0v) is 19.0. The van der Waals surface area contributed by atoms with Crippen LogP contribution in [0.2, 0.25) is 0 Å². The van der Waals surface area contributed by atoms with Crippen LogP contribution in [0.15, 0.2) is 0 Å². The third-order valence-electron chi connectivity index (χ3n) is 4.75. The van der Waals surface area contributed by atoms with Crippen molar-refractivity contribution in [3.05, 3.63) is 0 Å². The number of hydrogen-bond donors (Lipinski definition) is 2. The topological polar surface area (TPSA) is 83.1 Å². The minimum absolute atomic E-state index is 0.0520. The van der Waals surface area contributed by atoms with Gasteiger partial charge in [0.05, 0.1) is 25.3 Å². The predicted octanol–water partition coefficient (Wildman–Crippen LogP) is 0.855. The molecule has 170 valence electrons. The van der Waals surface area contributed by atoms with Crippen LogP contribution in [0.25, 0.3) is 0 Å². The molecule has 1 heterocycles. The zero-order valence-electron chi connectivity index (χ0n) is 19.0. The molecule has 8 nitrogen and oxygen atoms in total. The molecule has 1 fully saturated rings. The summed E-state index contributed by atoms with van der Waals surface area (Å²) in [6.45, 7) is 15.9. The number of rotatable bonds is 14. The van der Waals surface area contributed by atoms with Crippen LogP contribution in [0, 0.1) is 0 Å². The van der Waals surface area contributed by atoms with Gasteiger partial charge in [0.2, 0.25) is 11.8 Å². The summed E-state index contributed by atoms with van der Waals surface area (Å²) >= 11 is 0. The number of carbonyl (C=O) groups is 2. The van der Waals surface area contributed by atoms with Crippen molar-refractivity contribution < 1.29 is 19.1 Å². The van der Waals surface area contributed by atoms with Crippen LogP contribution in [-0.2, 0) is 19.1 Å². The van der Waals surface area contributed by atoms with E-state index in [1.165, 1.54) is 0 Å². The number of hydrogen-bond acceptors (Lipinski definition) is 6. The van der Waals surface area contributed by atoms with Gasteiger partial charge in [-0.1, -0.05) is 0 Å². The highest BCUT2D eigenvalue weighted by molar-refractivity contribution is 5.78. The molecule has 0 saturated carbocycles. The second-order valence-electron chi connectivity index (χ2n) is 8.30. The van der Waals surface area contributed by atoms with Crippen molar-refractivity contribution in [1.82, 2.24) is 20.4 Å². The molecule has 1 aliphatic heterocycles. The number of amides is 2. The molecule has 0 aliphatic carbocycles. The maximum atomic E-state index is 12.1. The molecular formula is C21H42N4O4. The maximum Gasteiger partial charge on any atom is 0.234 e. The minimum atomic E-state index is 0.0520. The third kappa shape index (κ3) is 12.8. The van der Waals surface area contributed by atoms with E-state index in [-0.39, 0.29) is 30.1 Å². The van der Waals surface area contributed by atoms with E-state index < -0.39 is 0 Å². The van der Waals surface area contributed by atoms with E-state index in [9.17, 15) is 9.59 Å². The Morgan fingerprint density at radius 1 is 0.897 bits per heavy atom. The number of nitrogens with one attached hydrogen (secondary N) is 2. The molecule has 0 spiro atoms. The summed E-state index contributed by atoms with van der Waals surface area (Å²) in [5, 5.41) is 5.91. The highest BCUT2D eigenvalue weighted by atomic mass is 16.5. The summed E-state index contributed by atoms with van der Waals surface area (Å²) in [4.78, 5) is 28.6. The Morgan fingerprint density at radius 2 is 1.41 bits per heavy atom. The van der Waals surface area contributed by atoms with Crippen molar-refractivity contribution in [3.8, 4) is 0 Å².